The highest BCUT2D eigenvalue weighted by atomic mass is 31.2. The van der Waals surface area contributed by atoms with Crippen LogP contribution in [0.15, 0.2) is 48.6 Å². The molecule has 0 radical (unpaired) electrons. The van der Waals surface area contributed by atoms with Gasteiger partial charge in [-0.05, 0) is 76.1 Å². The quantitative estimate of drug-likeness (QED) is 0.150. The highest BCUT2D eigenvalue weighted by Crippen LogP contribution is 2.64. The first-order valence-electron chi connectivity index (χ1n) is 17.8. The average Bonchev–Trinajstić information content (AvgIpc) is 3.63. The summed E-state index contributed by atoms with van der Waals surface area (Å²) in [5, 5.41) is 21.1. The van der Waals surface area contributed by atoms with Crippen molar-refractivity contribution in [2.75, 3.05) is 41.4 Å². The molecular weight excluding hydrogens is 762 g/mol. The number of piperidine rings is 2. The molecule has 0 saturated carbocycles. The van der Waals surface area contributed by atoms with Gasteiger partial charge in [0.1, 0.15) is 24.4 Å². The van der Waals surface area contributed by atoms with Crippen LogP contribution in [0.1, 0.15) is 35.1 Å². The Morgan fingerprint density at radius 3 is 1.33 bits per heavy atom. The van der Waals surface area contributed by atoms with Crippen LogP contribution in [0.4, 0.5) is 0 Å². The molecule has 0 unspecified atom stereocenters. The number of rotatable bonds is 2. The average molecular weight is 813 g/mol. The molecule has 4 heterocycles. The van der Waals surface area contributed by atoms with Gasteiger partial charge in [-0.3, -0.25) is 0 Å². The third kappa shape index (κ3) is 6.97. The summed E-state index contributed by atoms with van der Waals surface area (Å²) in [5.41, 5.74) is 5.21. The highest BCUT2D eigenvalue weighted by Gasteiger charge is 2.65. The van der Waals surface area contributed by atoms with Crippen molar-refractivity contribution in [3.05, 3.63) is 70.8 Å². The summed E-state index contributed by atoms with van der Waals surface area (Å²) >= 11 is 0. The Hall–Kier alpha value is -2.86. The van der Waals surface area contributed by atoms with Gasteiger partial charge < -0.3 is 73.8 Å². The monoisotopic (exact) mass is 812 g/mol. The summed E-state index contributed by atoms with van der Waals surface area (Å²) in [7, 11) is -1.46. The summed E-state index contributed by atoms with van der Waals surface area (Å²) in [6.07, 6.45) is 11.1. The fourth-order valence-corrected chi connectivity index (χ4v) is 10.8. The van der Waals surface area contributed by atoms with Crippen LogP contribution < -0.4 is 18.9 Å². The van der Waals surface area contributed by atoms with E-state index in [1.807, 2.05) is 24.3 Å². The molecule has 10 atom stereocenters. The standard InChI is InChI=1S/2C18H21NO3.2H3O4P.H2O/c2*1-19-8-7-18-11-4-5-13(20)17(18)22-16-14(21-2)6-3-10(15(16)18)9-12(11)19;2*1-5(2,3)4;/h2*3-6,11-13,17,20H,7-9H2,1-2H3;2*(H3,1,2,3,4);1H2/t2*11-,12+,13-,17-,18-;;;/m00.../s1. The number of hydrogen-bond donors (Lipinski definition) is 8. The van der Waals surface area contributed by atoms with Gasteiger partial charge in [0.15, 0.2) is 23.0 Å². The maximum atomic E-state index is 10.6. The first-order chi connectivity index (χ1) is 25.3. The van der Waals surface area contributed by atoms with Crippen molar-refractivity contribution >= 4 is 15.6 Å². The summed E-state index contributed by atoms with van der Waals surface area (Å²) in [5.74, 6) is 4.18. The van der Waals surface area contributed by atoms with E-state index in [4.69, 9.17) is 57.4 Å². The molecule has 4 aliphatic carbocycles. The minimum atomic E-state index is -4.64. The second-order valence-corrected chi connectivity index (χ2v) is 17.3. The number of ether oxygens (including phenoxy) is 4. The molecule has 55 heavy (non-hydrogen) atoms. The van der Waals surface area contributed by atoms with Gasteiger partial charge in [0, 0.05) is 45.9 Å². The SMILES string of the molecule is COc1ccc2c3c1O[C@H]1[C@@H](O)C=C[C@H]4[C@@H](C2)N(C)CC[C@@]341.COc1ccc2c3c1O[C@H]1[C@@H](O)C=C[C@H]4[C@@H](C2)N(C)CC[C@@]341.O.O=P(O)(O)O.O=P(O)(O)O. The van der Waals surface area contributed by atoms with E-state index < -0.39 is 27.9 Å². The van der Waals surface area contributed by atoms with Gasteiger partial charge in [-0.1, -0.05) is 36.4 Å². The van der Waals surface area contributed by atoms with Crippen molar-refractivity contribution in [1.29, 1.82) is 0 Å². The zero-order valence-electron chi connectivity index (χ0n) is 30.8. The van der Waals surface area contributed by atoms with Crippen LogP contribution in [0, 0.1) is 11.8 Å². The van der Waals surface area contributed by atoms with Crippen molar-refractivity contribution in [3.8, 4) is 23.0 Å². The minimum Gasteiger partial charge on any atom is -0.493 e. The van der Waals surface area contributed by atoms with E-state index in [9.17, 15) is 10.2 Å². The fraction of sp³-hybridized carbons (Fsp3) is 0.556. The summed E-state index contributed by atoms with van der Waals surface area (Å²) in [6, 6.07) is 9.40. The van der Waals surface area contributed by atoms with Gasteiger partial charge in [0.2, 0.25) is 0 Å². The molecular formula is C36H50N2O15P2. The van der Waals surface area contributed by atoms with Gasteiger partial charge in [-0.2, -0.15) is 0 Å². The van der Waals surface area contributed by atoms with E-state index in [0.29, 0.717) is 23.9 Å². The first-order valence-corrected chi connectivity index (χ1v) is 20.9. The van der Waals surface area contributed by atoms with Gasteiger partial charge in [-0.25, -0.2) is 9.13 Å². The van der Waals surface area contributed by atoms with Crippen LogP contribution in [-0.4, -0.2) is 133 Å². The Bertz CT molecular complexity index is 1800. The van der Waals surface area contributed by atoms with Gasteiger partial charge in [0.25, 0.3) is 0 Å². The molecule has 4 bridgehead atoms. The molecule has 2 fully saturated rings. The zero-order chi connectivity index (χ0) is 39.1. The normalized spacial score (nSPS) is 35.0. The van der Waals surface area contributed by atoms with E-state index in [1.54, 1.807) is 14.2 Å². The predicted octanol–water partition coefficient (Wildman–Crippen LogP) is 0.320. The topological polar surface area (TPSA) is 271 Å². The Balaban J connectivity index is 0.000000149. The largest absolute Gasteiger partial charge is 0.493 e. The van der Waals surface area contributed by atoms with Crippen LogP contribution in [0.25, 0.3) is 0 Å². The number of hydrogen-bond acceptors (Lipinski definition) is 10. The molecule has 10 N–H and O–H groups in total. The van der Waals surface area contributed by atoms with Crippen LogP contribution in [0.2, 0.25) is 0 Å². The number of likely N-dealkylation sites (tertiary alicyclic amines) is 2. The Labute approximate surface area is 318 Å². The van der Waals surface area contributed by atoms with Crippen molar-refractivity contribution in [2.45, 2.75) is 73.0 Å². The number of likely N-dealkylation sites (N-methyl/N-ethyl adjacent to an activating group) is 2. The second kappa shape index (κ2) is 14.8. The van der Waals surface area contributed by atoms with Gasteiger partial charge in [0.05, 0.1) is 14.2 Å². The van der Waals surface area contributed by atoms with Gasteiger partial charge >= 0.3 is 15.6 Å². The van der Waals surface area contributed by atoms with E-state index in [0.717, 1.165) is 61.8 Å². The van der Waals surface area contributed by atoms with Crippen molar-refractivity contribution in [1.82, 2.24) is 9.80 Å². The number of nitrogens with zero attached hydrogens (tertiary/aromatic N) is 2. The lowest BCUT2D eigenvalue weighted by Crippen LogP contribution is -2.64. The zero-order valence-corrected chi connectivity index (χ0v) is 32.6. The highest BCUT2D eigenvalue weighted by molar-refractivity contribution is 7.45. The molecule has 2 aromatic carbocycles. The number of aliphatic hydroxyl groups excluding tert-OH is 2. The van der Waals surface area contributed by atoms with Crippen LogP contribution in [0.3, 0.4) is 0 Å². The Kier molecular flexibility index (Phi) is 11.3. The lowest BCUT2D eigenvalue weighted by Gasteiger charge is -2.56. The molecule has 2 aromatic rings. The van der Waals surface area contributed by atoms with Crippen LogP contribution in [-0.2, 0) is 32.8 Å². The fourth-order valence-electron chi connectivity index (χ4n) is 10.8. The number of aliphatic hydroxyl groups is 2. The third-order valence-corrected chi connectivity index (χ3v) is 12.7. The van der Waals surface area contributed by atoms with Crippen molar-refractivity contribution in [3.63, 3.8) is 0 Å². The molecule has 304 valence electrons. The Morgan fingerprint density at radius 2 is 1.00 bits per heavy atom. The maximum Gasteiger partial charge on any atom is 0.466 e. The summed E-state index contributed by atoms with van der Waals surface area (Å²) < 4.78 is 41.4. The van der Waals surface area contributed by atoms with Crippen LogP contribution >= 0.6 is 15.6 Å². The second-order valence-electron chi connectivity index (χ2n) is 15.3. The molecule has 17 nitrogen and oxygen atoms in total. The van der Waals surface area contributed by atoms with E-state index in [2.05, 4.69) is 48.2 Å². The number of phosphoric acid groups is 2. The van der Waals surface area contributed by atoms with Crippen LogP contribution in [0.5, 0.6) is 23.0 Å². The van der Waals surface area contributed by atoms with Crippen molar-refractivity contribution < 1.29 is 73.1 Å². The lowest BCUT2D eigenvalue weighted by molar-refractivity contribution is -0.0453. The summed E-state index contributed by atoms with van der Waals surface area (Å²) in [4.78, 5) is 48.1. The maximum absolute atomic E-state index is 10.6. The Morgan fingerprint density at radius 1 is 0.655 bits per heavy atom. The summed E-state index contributed by atoms with van der Waals surface area (Å²) in [6.45, 7) is 2.11. The molecule has 10 rings (SSSR count). The molecule has 0 amide bonds. The minimum absolute atomic E-state index is 0. The number of benzene rings is 2. The first kappa shape index (κ1) is 41.8. The molecule has 8 aliphatic rings. The molecule has 2 saturated heterocycles. The number of methoxy groups -OCH3 is 2. The molecule has 2 spiro atoms. The van der Waals surface area contributed by atoms with Gasteiger partial charge in [-0.15, -0.1) is 0 Å². The molecule has 4 aliphatic heterocycles. The van der Waals surface area contributed by atoms with Crippen molar-refractivity contribution in [2.24, 2.45) is 11.8 Å². The molecule has 19 heteroatoms. The smallest absolute Gasteiger partial charge is 0.466 e. The van der Waals surface area contributed by atoms with E-state index in [1.165, 1.54) is 22.3 Å². The van der Waals surface area contributed by atoms with E-state index >= 15 is 0 Å². The third-order valence-electron chi connectivity index (χ3n) is 12.7. The lowest BCUT2D eigenvalue weighted by atomic mass is 9.53. The molecule has 0 aromatic heterocycles. The van der Waals surface area contributed by atoms with E-state index in [-0.39, 0.29) is 28.5 Å². The predicted molar refractivity (Wildman–Crippen MR) is 197 cm³/mol.